The highest BCUT2D eigenvalue weighted by atomic mass is 16.3. The van der Waals surface area contributed by atoms with Crippen molar-refractivity contribution >= 4 is 11.8 Å². The molecule has 2 amide bonds. The Morgan fingerprint density at radius 1 is 1.58 bits per heavy atom. The third-order valence-electron chi connectivity index (χ3n) is 2.38. The van der Waals surface area contributed by atoms with Crippen LogP contribution in [0, 0.1) is 0 Å². The minimum atomic E-state index is -0.648. The van der Waals surface area contributed by atoms with Crippen molar-refractivity contribution < 1.29 is 14.7 Å². The van der Waals surface area contributed by atoms with E-state index in [2.05, 4.69) is 5.32 Å². The van der Waals surface area contributed by atoms with Crippen molar-refractivity contribution in [3.8, 4) is 0 Å². The molecule has 0 bridgehead atoms. The van der Waals surface area contributed by atoms with Crippen LogP contribution in [0.3, 0.4) is 0 Å². The van der Waals surface area contributed by atoms with E-state index in [1.807, 2.05) is 0 Å². The van der Waals surface area contributed by atoms with Gasteiger partial charge in [-0.15, -0.1) is 0 Å². The van der Waals surface area contributed by atoms with Crippen LogP contribution in [0.15, 0.2) is 0 Å². The number of hydrogen-bond donors (Lipinski definition) is 2. The van der Waals surface area contributed by atoms with E-state index in [1.165, 1.54) is 4.90 Å². The summed E-state index contributed by atoms with van der Waals surface area (Å²) < 4.78 is 0. The Morgan fingerprint density at radius 2 is 2.33 bits per heavy atom. The largest absolute Gasteiger partial charge is 0.394 e. The monoisotopic (exact) mass is 170 g/mol. The van der Waals surface area contributed by atoms with E-state index in [0.29, 0.717) is 12.8 Å². The molecule has 2 saturated heterocycles. The van der Waals surface area contributed by atoms with Gasteiger partial charge in [0.05, 0.1) is 6.61 Å². The maximum absolute atomic E-state index is 11.2. The first-order chi connectivity index (χ1) is 5.74. The number of nitrogens with zero attached hydrogens (tertiary/aromatic N) is 1. The van der Waals surface area contributed by atoms with Crippen molar-refractivity contribution in [2.45, 2.75) is 25.0 Å². The molecule has 2 aliphatic rings. The van der Waals surface area contributed by atoms with Crippen LogP contribution in [0.4, 0.5) is 0 Å². The Balaban J connectivity index is 2.23. The number of amides is 2. The average molecular weight is 170 g/mol. The number of aliphatic hydroxyl groups excluding tert-OH is 1. The fourth-order valence-corrected chi connectivity index (χ4v) is 1.79. The number of carbonyl (C=O) groups is 2. The fraction of sp³-hybridized carbons (Fsp3) is 0.714. The molecule has 0 aromatic heterocycles. The highest BCUT2D eigenvalue weighted by Gasteiger charge is 2.45. The molecule has 2 rings (SSSR count). The van der Waals surface area contributed by atoms with E-state index < -0.39 is 6.04 Å². The molecule has 5 heteroatoms. The molecule has 0 spiro atoms. The molecule has 0 radical (unpaired) electrons. The molecule has 1 unspecified atom stereocenters. The zero-order chi connectivity index (χ0) is 8.72. The normalized spacial score (nSPS) is 33.9. The molecule has 2 N–H and O–H groups in total. The highest BCUT2D eigenvalue weighted by molar-refractivity contribution is 5.92. The summed E-state index contributed by atoms with van der Waals surface area (Å²) >= 11 is 0. The van der Waals surface area contributed by atoms with Gasteiger partial charge in [0.25, 0.3) is 0 Å². The van der Waals surface area contributed by atoms with Crippen molar-refractivity contribution in [1.29, 1.82) is 0 Å². The van der Waals surface area contributed by atoms with Crippen LogP contribution in [0.5, 0.6) is 0 Å². The van der Waals surface area contributed by atoms with Crippen LogP contribution in [0.2, 0.25) is 0 Å². The summed E-state index contributed by atoms with van der Waals surface area (Å²) in [6.45, 7) is -0.284. The second-order valence-electron chi connectivity index (χ2n) is 3.06. The lowest BCUT2D eigenvalue weighted by molar-refractivity contribution is -0.134. The van der Waals surface area contributed by atoms with Crippen molar-refractivity contribution in [2.24, 2.45) is 0 Å². The van der Waals surface area contributed by atoms with Gasteiger partial charge in [0.15, 0.2) is 0 Å². The van der Waals surface area contributed by atoms with Gasteiger partial charge in [0.2, 0.25) is 11.8 Å². The molecule has 2 aliphatic heterocycles. The van der Waals surface area contributed by atoms with E-state index >= 15 is 0 Å². The average Bonchev–Trinajstić information content (AvgIpc) is 2.52. The smallest absolute Gasteiger partial charge is 0.246 e. The van der Waals surface area contributed by atoms with Gasteiger partial charge in [-0.2, -0.15) is 0 Å². The summed E-state index contributed by atoms with van der Waals surface area (Å²) in [5, 5.41) is 11.5. The molecule has 0 saturated carbocycles. The summed E-state index contributed by atoms with van der Waals surface area (Å²) in [4.78, 5) is 23.7. The van der Waals surface area contributed by atoms with Crippen molar-refractivity contribution in [2.75, 3.05) is 6.61 Å². The number of rotatable bonds is 1. The van der Waals surface area contributed by atoms with E-state index in [-0.39, 0.29) is 24.6 Å². The van der Waals surface area contributed by atoms with Crippen LogP contribution >= 0.6 is 0 Å². The van der Waals surface area contributed by atoms with Crippen molar-refractivity contribution in [1.82, 2.24) is 10.2 Å². The predicted molar refractivity (Wildman–Crippen MR) is 38.9 cm³/mol. The number of nitrogens with one attached hydrogen (secondary N) is 1. The number of carbonyl (C=O) groups excluding carboxylic acids is 2. The van der Waals surface area contributed by atoms with Gasteiger partial charge in [0, 0.05) is 6.42 Å². The van der Waals surface area contributed by atoms with Gasteiger partial charge in [0.1, 0.15) is 12.2 Å². The van der Waals surface area contributed by atoms with Gasteiger partial charge < -0.3 is 15.3 Å². The minimum absolute atomic E-state index is 0.0441. The second-order valence-corrected chi connectivity index (χ2v) is 3.06. The fourth-order valence-electron chi connectivity index (χ4n) is 1.79. The molecule has 2 fully saturated rings. The Morgan fingerprint density at radius 3 is 3.00 bits per heavy atom. The third kappa shape index (κ3) is 0.828. The number of fused-ring (bicyclic) bond motifs is 1. The van der Waals surface area contributed by atoms with Gasteiger partial charge in [-0.05, 0) is 6.42 Å². The third-order valence-corrected chi connectivity index (χ3v) is 2.38. The highest BCUT2D eigenvalue weighted by Crippen LogP contribution is 2.24. The van der Waals surface area contributed by atoms with Gasteiger partial charge >= 0.3 is 0 Å². The molecule has 2 heterocycles. The quantitative estimate of drug-likeness (QED) is 0.499. The molecule has 12 heavy (non-hydrogen) atoms. The molecular formula is C7H10N2O3. The summed E-state index contributed by atoms with van der Waals surface area (Å²) in [5.41, 5.74) is 0. The molecule has 66 valence electrons. The molecular weight excluding hydrogens is 160 g/mol. The zero-order valence-electron chi connectivity index (χ0n) is 6.49. The van der Waals surface area contributed by atoms with Gasteiger partial charge in [-0.3, -0.25) is 9.59 Å². The van der Waals surface area contributed by atoms with Gasteiger partial charge in [-0.1, -0.05) is 0 Å². The lowest BCUT2D eigenvalue weighted by Gasteiger charge is -2.18. The topological polar surface area (TPSA) is 69.6 Å². The summed E-state index contributed by atoms with van der Waals surface area (Å²) in [5.74, 6) is -0.284. The van der Waals surface area contributed by atoms with Gasteiger partial charge in [-0.25, -0.2) is 0 Å². The van der Waals surface area contributed by atoms with E-state index in [0.717, 1.165) is 0 Å². The van der Waals surface area contributed by atoms with E-state index in [9.17, 15) is 9.59 Å². The van der Waals surface area contributed by atoms with Crippen molar-refractivity contribution in [3.05, 3.63) is 0 Å². The first-order valence-corrected chi connectivity index (χ1v) is 3.96. The molecule has 5 nitrogen and oxygen atoms in total. The molecule has 2 atom stereocenters. The number of aliphatic hydroxyl groups is 1. The zero-order valence-corrected chi connectivity index (χ0v) is 6.49. The second kappa shape index (κ2) is 2.45. The summed E-state index contributed by atoms with van der Waals surface area (Å²) in [6, 6.07) is -0.648. The molecule has 0 aromatic rings. The Hall–Kier alpha value is -1.10. The summed E-state index contributed by atoms with van der Waals surface area (Å²) in [7, 11) is 0. The van der Waals surface area contributed by atoms with Crippen LogP contribution in [-0.4, -0.2) is 40.6 Å². The molecule has 0 aromatic carbocycles. The first-order valence-electron chi connectivity index (χ1n) is 3.96. The maximum atomic E-state index is 11.2. The Kier molecular flexibility index (Phi) is 1.54. The maximum Gasteiger partial charge on any atom is 0.246 e. The predicted octanol–water partition coefficient (Wildman–Crippen LogP) is -1.57. The SMILES string of the molecule is O=C1NC2CCC(=O)N2[C@H]1CO. The van der Waals surface area contributed by atoms with Crippen LogP contribution in [0.25, 0.3) is 0 Å². The lowest BCUT2D eigenvalue weighted by Crippen LogP contribution is -2.39. The Labute approximate surface area is 69.3 Å². The first kappa shape index (κ1) is 7.54. The van der Waals surface area contributed by atoms with E-state index in [1.54, 1.807) is 0 Å². The van der Waals surface area contributed by atoms with Crippen LogP contribution in [0.1, 0.15) is 12.8 Å². The van der Waals surface area contributed by atoms with Crippen LogP contribution in [-0.2, 0) is 9.59 Å². The van der Waals surface area contributed by atoms with Crippen molar-refractivity contribution in [3.63, 3.8) is 0 Å². The van der Waals surface area contributed by atoms with E-state index in [4.69, 9.17) is 5.11 Å². The standard InChI is InChI=1S/C7H10N2O3/c10-3-4-7(12)8-5-1-2-6(11)9(4)5/h4-5,10H,1-3H2,(H,8,12)/t4-,5?/m0/s1. The molecule has 0 aliphatic carbocycles. The minimum Gasteiger partial charge on any atom is -0.394 e. The lowest BCUT2D eigenvalue weighted by atomic mass is 10.3. The van der Waals surface area contributed by atoms with Crippen LogP contribution < -0.4 is 5.32 Å². The Bertz CT molecular complexity index is 239. The summed E-state index contributed by atoms with van der Waals surface area (Å²) in [6.07, 6.45) is 0.977. The number of hydrogen-bond acceptors (Lipinski definition) is 3.